The Bertz CT molecular complexity index is 354. The molecule has 0 aromatic heterocycles. The van der Waals surface area contributed by atoms with E-state index in [4.69, 9.17) is 4.74 Å². The van der Waals surface area contributed by atoms with Gasteiger partial charge in [0.2, 0.25) is 0 Å². The second-order valence-corrected chi connectivity index (χ2v) is 6.81. The maximum absolute atomic E-state index is 11.9. The predicted octanol–water partition coefficient (Wildman–Crippen LogP) is 3.82. The lowest BCUT2D eigenvalue weighted by Crippen LogP contribution is -2.14. The lowest BCUT2D eigenvalue weighted by Gasteiger charge is -2.19. The Hall–Kier alpha value is -0.800. The van der Waals surface area contributed by atoms with Crippen molar-refractivity contribution in [3.05, 3.63) is 35.9 Å². The smallest absolute Gasteiger partial charge is 0.192 e. The summed E-state index contributed by atoms with van der Waals surface area (Å²) in [6, 6.07) is 9.86. The van der Waals surface area contributed by atoms with Crippen LogP contribution in [-0.4, -0.2) is 17.0 Å². The average molecular weight is 252 g/mol. The zero-order chi connectivity index (χ0) is 12.9. The van der Waals surface area contributed by atoms with Crippen molar-refractivity contribution in [2.75, 3.05) is 7.11 Å². The molecule has 1 rings (SSSR count). The van der Waals surface area contributed by atoms with Crippen molar-refractivity contribution in [3.8, 4) is 0 Å². The molecule has 0 amide bonds. The van der Waals surface area contributed by atoms with Crippen molar-refractivity contribution in [1.29, 1.82) is 0 Å². The molecule has 0 unspecified atom stereocenters. The number of hydrogen-bond donors (Lipinski definition) is 0. The second kappa shape index (κ2) is 6.22. The van der Waals surface area contributed by atoms with Crippen molar-refractivity contribution >= 4 is 16.9 Å². The van der Waals surface area contributed by atoms with E-state index < -0.39 is 0 Å². The number of methoxy groups -OCH3 is 1. The Labute approximate surface area is 108 Å². The Balaban J connectivity index is 2.62. The molecule has 0 heterocycles. The number of ether oxygens (including phenoxy) is 1. The fourth-order valence-corrected chi connectivity index (χ4v) is 2.46. The first-order valence-corrected chi connectivity index (χ1v) is 6.53. The number of hydrogen-bond acceptors (Lipinski definition) is 3. The molecule has 0 bridgehead atoms. The van der Waals surface area contributed by atoms with E-state index in [1.165, 1.54) is 11.8 Å². The maximum Gasteiger partial charge on any atom is 0.192 e. The van der Waals surface area contributed by atoms with Crippen LogP contribution in [0, 0.1) is 0 Å². The molecule has 94 valence electrons. The summed E-state index contributed by atoms with van der Waals surface area (Å²) in [6.45, 7) is 6.12. The minimum Gasteiger partial charge on any atom is -0.376 e. The molecule has 17 heavy (non-hydrogen) atoms. The van der Waals surface area contributed by atoms with Gasteiger partial charge in [-0.1, -0.05) is 62.9 Å². The number of rotatable bonds is 4. The number of benzene rings is 1. The van der Waals surface area contributed by atoms with E-state index in [-0.39, 0.29) is 16.0 Å². The van der Waals surface area contributed by atoms with E-state index in [0.29, 0.717) is 6.42 Å². The van der Waals surface area contributed by atoms with Gasteiger partial charge in [-0.25, -0.2) is 0 Å². The molecule has 0 aliphatic carbocycles. The van der Waals surface area contributed by atoms with E-state index in [1.807, 2.05) is 51.1 Å². The van der Waals surface area contributed by atoms with Crippen LogP contribution in [0.25, 0.3) is 0 Å². The van der Waals surface area contributed by atoms with Gasteiger partial charge in [0.05, 0.1) is 6.10 Å². The van der Waals surface area contributed by atoms with Crippen LogP contribution >= 0.6 is 11.8 Å². The van der Waals surface area contributed by atoms with E-state index >= 15 is 0 Å². The zero-order valence-corrected chi connectivity index (χ0v) is 11.7. The first-order chi connectivity index (χ1) is 7.92. The fourth-order valence-electron chi connectivity index (χ4n) is 1.54. The summed E-state index contributed by atoms with van der Waals surface area (Å²) in [5.41, 5.74) is 1.05. The first-order valence-electron chi connectivity index (χ1n) is 5.72. The molecule has 0 saturated carbocycles. The highest BCUT2D eigenvalue weighted by molar-refractivity contribution is 8.14. The summed E-state index contributed by atoms with van der Waals surface area (Å²) in [5, 5.41) is 0.174. The van der Waals surface area contributed by atoms with Crippen LogP contribution in [0.1, 0.15) is 38.9 Å². The molecule has 3 heteroatoms. The van der Waals surface area contributed by atoms with Crippen molar-refractivity contribution < 1.29 is 9.53 Å². The van der Waals surface area contributed by atoms with E-state index in [2.05, 4.69) is 0 Å². The lowest BCUT2D eigenvalue weighted by atomic mass is 10.1. The summed E-state index contributed by atoms with van der Waals surface area (Å²) in [5.74, 6) is 0. The zero-order valence-electron chi connectivity index (χ0n) is 10.9. The van der Waals surface area contributed by atoms with Crippen LogP contribution in [0.3, 0.4) is 0 Å². The highest BCUT2D eigenvalue weighted by Gasteiger charge is 2.21. The average Bonchev–Trinajstić information content (AvgIpc) is 2.24. The van der Waals surface area contributed by atoms with Crippen molar-refractivity contribution in [2.45, 2.75) is 38.0 Å². The Morgan fingerprint density at radius 3 is 2.35 bits per heavy atom. The van der Waals surface area contributed by atoms with Crippen molar-refractivity contribution in [3.63, 3.8) is 0 Å². The van der Waals surface area contributed by atoms with E-state index in [0.717, 1.165) is 5.56 Å². The molecule has 1 aromatic carbocycles. The molecule has 0 radical (unpaired) electrons. The highest BCUT2D eigenvalue weighted by Crippen LogP contribution is 2.29. The number of carbonyl (C=O) groups is 1. The van der Waals surface area contributed by atoms with E-state index in [1.54, 1.807) is 7.11 Å². The predicted molar refractivity (Wildman–Crippen MR) is 73.2 cm³/mol. The maximum atomic E-state index is 11.9. The Morgan fingerprint density at radius 2 is 1.88 bits per heavy atom. The van der Waals surface area contributed by atoms with Crippen molar-refractivity contribution in [2.24, 2.45) is 0 Å². The second-order valence-electron chi connectivity index (χ2n) is 4.93. The normalized spacial score (nSPS) is 13.4. The first kappa shape index (κ1) is 14.3. The molecule has 1 aromatic rings. The minimum atomic E-state index is -0.140. The van der Waals surface area contributed by atoms with Gasteiger partial charge in [-0.15, -0.1) is 0 Å². The molecular weight excluding hydrogens is 232 g/mol. The van der Waals surface area contributed by atoms with Gasteiger partial charge in [0.15, 0.2) is 5.12 Å². The van der Waals surface area contributed by atoms with Crippen LogP contribution in [0.4, 0.5) is 0 Å². The third kappa shape index (κ3) is 5.37. The summed E-state index contributed by atoms with van der Waals surface area (Å²) in [4.78, 5) is 11.9. The minimum absolute atomic E-state index is 0.0357. The molecule has 0 N–H and O–H groups in total. The quantitative estimate of drug-likeness (QED) is 0.815. The fraction of sp³-hybridized carbons (Fsp3) is 0.500. The van der Waals surface area contributed by atoms with Gasteiger partial charge in [0.1, 0.15) is 0 Å². The molecule has 0 fully saturated rings. The van der Waals surface area contributed by atoms with Gasteiger partial charge in [-0.3, -0.25) is 4.79 Å². The summed E-state index contributed by atoms with van der Waals surface area (Å²) >= 11 is 1.38. The Morgan fingerprint density at radius 1 is 1.29 bits per heavy atom. The molecule has 0 saturated heterocycles. The van der Waals surface area contributed by atoms with Crippen LogP contribution in [-0.2, 0) is 9.53 Å². The molecule has 0 aliphatic rings. The van der Waals surface area contributed by atoms with Crippen LogP contribution in [0.2, 0.25) is 0 Å². The lowest BCUT2D eigenvalue weighted by molar-refractivity contribution is -0.113. The number of carbonyl (C=O) groups excluding carboxylic acids is 1. The topological polar surface area (TPSA) is 26.3 Å². The van der Waals surface area contributed by atoms with Crippen LogP contribution < -0.4 is 0 Å². The summed E-state index contributed by atoms with van der Waals surface area (Å²) in [7, 11) is 1.65. The monoisotopic (exact) mass is 252 g/mol. The molecule has 0 aliphatic heterocycles. The molecule has 1 atom stereocenters. The largest absolute Gasteiger partial charge is 0.376 e. The van der Waals surface area contributed by atoms with Crippen LogP contribution in [0.5, 0.6) is 0 Å². The van der Waals surface area contributed by atoms with Crippen LogP contribution in [0.15, 0.2) is 30.3 Å². The summed E-state index contributed by atoms with van der Waals surface area (Å²) in [6.07, 6.45) is 0.279. The van der Waals surface area contributed by atoms with Gasteiger partial charge >= 0.3 is 0 Å². The van der Waals surface area contributed by atoms with Gasteiger partial charge in [-0.05, 0) is 5.56 Å². The summed E-state index contributed by atoms with van der Waals surface area (Å²) < 4.78 is 5.35. The Kier molecular flexibility index (Phi) is 5.22. The van der Waals surface area contributed by atoms with Gasteiger partial charge in [-0.2, -0.15) is 0 Å². The van der Waals surface area contributed by atoms with E-state index in [9.17, 15) is 4.79 Å². The molecule has 2 nitrogen and oxygen atoms in total. The van der Waals surface area contributed by atoms with Crippen molar-refractivity contribution in [1.82, 2.24) is 0 Å². The highest BCUT2D eigenvalue weighted by atomic mass is 32.2. The standard InChI is InChI=1S/C14H20O2S/c1-14(2,3)17-13(15)10-12(16-4)11-8-6-5-7-9-11/h5-9,12H,10H2,1-4H3/t12-/m0/s1. The van der Waals surface area contributed by atoms with Gasteiger partial charge in [0.25, 0.3) is 0 Å². The molecular formula is C14H20O2S. The molecule has 0 spiro atoms. The number of thioether (sulfide) groups is 1. The SMILES string of the molecule is CO[C@@H](CC(=O)SC(C)(C)C)c1ccccc1. The third-order valence-corrected chi connectivity index (χ3v) is 3.23. The van der Waals surface area contributed by atoms with Gasteiger partial charge in [0, 0.05) is 18.3 Å². The van der Waals surface area contributed by atoms with Gasteiger partial charge < -0.3 is 4.74 Å². The third-order valence-electron chi connectivity index (χ3n) is 2.23.